The summed E-state index contributed by atoms with van der Waals surface area (Å²) < 4.78 is 25.7. The molecule has 0 aliphatic carbocycles. The van der Waals surface area contributed by atoms with Crippen LogP contribution < -0.4 is 5.32 Å². The Bertz CT molecular complexity index is 909. The molecule has 0 radical (unpaired) electrons. The first-order valence-corrected chi connectivity index (χ1v) is 10.7. The van der Waals surface area contributed by atoms with E-state index in [0.717, 1.165) is 16.3 Å². The van der Waals surface area contributed by atoms with Crippen LogP contribution >= 0.6 is 0 Å². The Morgan fingerprint density at radius 3 is 2.21 bits per heavy atom. The van der Waals surface area contributed by atoms with E-state index < -0.39 is 10.0 Å². The van der Waals surface area contributed by atoms with Gasteiger partial charge in [-0.15, -0.1) is 0 Å². The number of anilines is 1. The van der Waals surface area contributed by atoms with E-state index in [1.54, 1.807) is 12.1 Å². The van der Waals surface area contributed by atoms with Gasteiger partial charge >= 0.3 is 0 Å². The van der Waals surface area contributed by atoms with Crippen molar-refractivity contribution in [2.24, 2.45) is 0 Å². The number of rotatable bonds is 8. The number of nitrogens with one attached hydrogen (secondary N) is 1. The Morgan fingerprint density at radius 2 is 1.64 bits per heavy atom. The van der Waals surface area contributed by atoms with Gasteiger partial charge < -0.3 is 5.32 Å². The average molecular weight is 404 g/mol. The maximum absolute atomic E-state index is 12.6. The first kappa shape index (κ1) is 22.1. The number of hydrogen-bond acceptors (Lipinski definition) is 4. The Labute approximate surface area is 168 Å². The number of carbonyl (C=O) groups excluding carboxylic acids is 1. The molecule has 1 amide bonds. The third kappa shape index (κ3) is 5.41. The number of benzene rings is 2. The molecule has 7 heteroatoms. The summed E-state index contributed by atoms with van der Waals surface area (Å²) >= 11 is 0. The number of likely N-dealkylation sites (N-methyl/N-ethyl adjacent to an activating group) is 1. The van der Waals surface area contributed by atoms with Crippen LogP contribution in [-0.2, 0) is 27.8 Å². The molecule has 152 valence electrons. The first-order chi connectivity index (χ1) is 13.1. The third-order valence-corrected chi connectivity index (χ3v) is 6.60. The molecule has 0 aliphatic rings. The van der Waals surface area contributed by atoms with Gasteiger partial charge in [0.2, 0.25) is 15.9 Å². The molecule has 0 aliphatic heterocycles. The standard InChI is InChI=1S/C21H29N3O3S/c1-6-17-10-12-18(13-11-17)15-24(5)16(2)21(25)22-19-8-7-9-20(14-19)28(26,27)23(3)4/h7-14,16H,6,15H2,1-5H3,(H,22,25). The van der Waals surface area contributed by atoms with Gasteiger partial charge in [0.25, 0.3) is 0 Å². The lowest BCUT2D eigenvalue weighted by Crippen LogP contribution is -2.39. The molecule has 0 heterocycles. The summed E-state index contributed by atoms with van der Waals surface area (Å²) in [6.45, 7) is 4.59. The highest BCUT2D eigenvalue weighted by Gasteiger charge is 2.20. The van der Waals surface area contributed by atoms with Crippen LogP contribution in [0.25, 0.3) is 0 Å². The minimum atomic E-state index is -3.55. The largest absolute Gasteiger partial charge is 0.325 e. The highest BCUT2D eigenvalue weighted by molar-refractivity contribution is 7.89. The monoisotopic (exact) mass is 403 g/mol. The summed E-state index contributed by atoms with van der Waals surface area (Å²) in [5, 5.41) is 2.81. The van der Waals surface area contributed by atoms with Crippen molar-refractivity contribution in [1.82, 2.24) is 9.21 Å². The van der Waals surface area contributed by atoms with E-state index in [2.05, 4.69) is 36.5 Å². The Morgan fingerprint density at radius 1 is 1.04 bits per heavy atom. The molecule has 2 aromatic rings. The number of amides is 1. The zero-order valence-corrected chi connectivity index (χ0v) is 18.0. The number of hydrogen-bond donors (Lipinski definition) is 1. The fraction of sp³-hybridized carbons (Fsp3) is 0.381. The van der Waals surface area contributed by atoms with Crippen molar-refractivity contribution >= 4 is 21.6 Å². The minimum absolute atomic E-state index is 0.146. The number of carbonyl (C=O) groups is 1. The Kier molecular flexibility index (Phi) is 7.35. The SMILES string of the molecule is CCc1ccc(CN(C)C(C)C(=O)Nc2cccc(S(=O)(=O)N(C)C)c2)cc1. The normalized spacial score (nSPS) is 13.0. The minimum Gasteiger partial charge on any atom is -0.325 e. The van der Waals surface area contributed by atoms with Crippen LogP contribution in [0.1, 0.15) is 25.0 Å². The van der Waals surface area contributed by atoms with Crippen molar-refractivity contribution in [1.29, 1.82) is 0 Å². The molecule has 0 fully saturated rings. The van der Waals surface area contributed by atoms with Crippen molar-refractivity contribution < 1.29 is 13.2 Å². The highest BCUT2D eigenvalue weighted by Crippen LogP contribution is 2.18. The lowest BCUT2D eigenvalue weighted by molar-refractivity contribution is -0.120. The predicted molar refractivity (Wildman–Crippen MR) is 113 cm³/mol. The maximum Gasteiger partial charge on any atom is 0.242 e. The van der Waals surface area contributed by atoms with Crippen molar-refractivity contribution in [2.45, 2.75) is 37.8 Å². The summed E-state index contributed by atoms with van der Waals surface area (Å²) in [7, 11) is 1.30. The van der Waals surface area contributed by atoms with Gasteiger partial charge in [-0.3, -0.25) is 9.69 Å². The summed E-state index contributed by atoms with van der Waals surface area (Å²) in [6, 6.07) is 14.3. The zero-order valence-electron chi connectivity index (χ0n) is 17.1. The van der Waals surface area contributed by atoms with Crippen molar-refractivity contribution in [2.75, 3.05) is 26.5 Å². The van der Waals surface area contributed by atoms with Crippen LogP contribution in [-0.4, -0.2) is 50.7 Å². The summed E-state index contributed by atoms with van der Waals surface area (Å²) in [5.74, 6) is -0.188. The van der Waals surface area contributed by atoms with Gasteiger partial charge in [-0.1, -0.05) is 37.3 Å². The molecule has 2 aromatic carbocycles. The second kappa shape index (κ2) is 9.32. The zero-order chi connectivity index (χ0) is 20.9. The topological polar surface area (TPSA) is 69.7 Å². The first-order valence-electron chi connectivity index (χ1n) is 9.26. The van der Waals surface area contributed by atoms with Gasteiger partial charge in [-0.2, -0.15) is 0 Å². The molecule has 1 N–H and O–H groups in total. The van der Waals surface area contributed by atoms with E-state index in [-0.39, 0.29) is 16.8 Å². The second-order valence-electron chi connectivity index (χ2n) is 7.07. The second-order valence-corrected chi connectivity index (χ2v) is 9.22. The van der Waals surface area contributed by atoms with E-state index in [1.807, 2.05) is 18.9 Å². The molecule has 0 saturated heterocycles. The predicted octanol–water partition coefficient (Wildman–Crippen LogP) is 2.96. The molecular formula is C21H29N3O3S. The van der Waals surface area contributed by atoms with Gasteiger partial charge in [-0.05, 0) is 49.7 Å². The fourth-order valence-corrected chi connectivity index (χ4v) is 3.65. The van der Waals surface area contributed by atoms with Gasteiger partial charge in [0, 0.05) is 26.3 Å². The fourth-order valence-electron chi connectivity index (χ4n) is 2.70. The molecule has 6 nitrogen and oxygen atoms in total. The van der Waals surface area contributed by atoms with Crippen LogP contribution in [0.4, 0.5) is 5.69 Å². The van der Waals surface area contributed by atoms with Crippen molar-refractivity contribution in [3.63, 3.8) is 0 Å². The van der Waals surface area contributed by atoms with E-state index in [1.165, 1.54) is 31.8 Å². The van der Waals surface area contributed by atoms with Gasteiger partial charge in [0.1, 0.15) is 0 Å². The summed E-state index contributed by atoms with van der Waals surface area (Å²) in [4.78, 5) is 14.7. The molecule has 0 bridgehead atoms. The van der Waals surface area contributed by atoms with E-state index in [9.17, 15) is 13.2 Å². The Balaban J connectivity index is 2.05. The molecule has 0 spiro atoms. The lowest BCUT2D eigenvalue weighted by Gasteiger charge is -2.24. The van der Waals surface area contributed by atoms with Crippen LogP contribution in [0, 0.1) is 0 Å². The number of sulfonamides is 1. The highest BCUT2D eigenvalue weighted by atomic mass is 32.2. The molecule has 2 rings (SSSR count). The molecule has 1 unspecified atom stereocenters. The quantitative estimate of drug-likeness (QED) is 0.736. The molecule has 0 saturated carbocycles. The number of aryl methyl sites for hydroxylation is 1. The average Bonchev–Trinajstić information content (AvgIpc) is 2.67. The van der Waals surface area contributed by atoms with Gasteiger partial charge in [-0.25, -0.2) is 12.7 Å². The molecule has 1 atom stereocenters. The lowest BCUT2D eigenvalue weighted by atomic mass is 10.1. The maximum atomic E-state index is 12.6. The molecular weight excluding hydrogens is 374 g/mol. The van der Waals surface area contributed by atoms with Crippen molar-refractivity contribution in [3.8, 4) is 0 Å². The van der Waals surface area contributed by atoms with Crippen LogP contribution in [0.5, 0.6) is 0 Å². The van der Waals surface area contributed by atoms with Gasteiger partial charge in [0.05, 0.1) is 10.9 Å². The summed E-state index contributed by atoms with van der Waals surface area (Å²) in [6.07, 6.45) is 0.998. The van der Waals surface area contributed by atoms with Crippen LogP contribution in [0.3, 0.4) is 0 Å². The van der Waals surface area contributed by atoms with E-state index >= 15 is 0 Å². The third-order valence-electron chi connectivity index (χ3n) is 4.78. The van der Waals surface area contributed by atoms with Crippen LogP contribution in [0.15, 0.2) is 53.4 Å². The smallest absolute Gasteiger partial charge is 0.242 e. The number of nitrogens with zero attached hydrogens (tertiary/aromatic N) is 2. The molecule has 0 aromatic heterocycles. The van der Waals surface area contributed by atoms with E-state index in [4.69, 9.17) is 0 Å². The Hall–Kier alpha value is -2.22. The van der Waals surface area contributed by atoms with E-state index in [0.29, 0.717) is 12.2 Å². The summed E-state index contributed by atoms with van der Waals surface area (Å²) in [5.41, 5.74) is 2.88. The van der Waals surface area contributed by atoms with Crippen molar-refractivity contribution in [3.05, 3.63) is 59.7 Å². The van der Waals surface area contributed by atoms with Crippen LogP contribution in [0.2, 0.25) is 0 Å². The molecule has 28 heavy (non-hydrogen) atoms. The van der Waals surface area contributed by atoms with Gasteiger partial charge in [0.15, 0.2) is 0 Å².